The molecule has 0 amide bonds. The zero-order valence-corrected chi connectivity index (χ0v) is 7.73. The normalized spacial score (nSPS) is 24.0. The molecule has 1 aliphatic heterocycles. The molecule has 8 heavy (non-hydrogen) atoms. The van der Waals surface area contributed by atoms with Gasteiger partial charge in [0.05, 0.1) is 0 Å². The first kappa shape index (κ1) is 7.51. The minimum Gasteiger partial charge on any atom is -0.140 e. The van der Waals surface area contributed by atoms with Gasteiger partial charge in [0.25, 0.3) is 0 Å². The Hall–Kier alpha value is 1.40. The van der Waals surface area contributed by atoms with Crippen molar-refractivity contribution in [3.05, 3.63) is 0 Å². The highest BCUT2D eigenvalue weighted by Gasteiger charge is 1.96. The third-order valence-electron chi connectivity index (χ3n) is 0.667. The van der Waals surface area contributed by atoms with Gasteiger partial charge in [0.2, 0.25) is 0 Å². The number of thioether (sulfide) groups is 4. The predicted molar refractivity (Wildman–Crippen MR) is 49.8 cm³/mol. The van der Waals surface area contributed by atoms with Crippen LogP contribution in [0.2, 0.25) is 0 Å². The Morgan fingerprint density at radius 1 is 0.500 bits per heavy atom. The van der Waals surface area contributed by atoms with E-state index in [1.54, 1.807) is 0 Å². The van der Waals surface area contributed by atoms with Crippen LogP contribution in [-0.2, 0) is 0 Å². The van der Waals surface area contributed by atoms with Gasteiger partial charge in [-0.1, -0.05) is 0 Å². The average Bonchev–Trinajstić information content (AvgIpc) is 1.62. The van der Waals surface area contributed by atoms with Gasteiger partial charge in [-0.25, -0.2) is 0 Å². The lowest BCUT2D eigenvalue weighted by Gasteiger charge is -2.05. The molecule has 0 radical (unpaired) electrons. The van der Waals surface area contributed by atoms with E-state index in [0.717, 1.165) is 0 Å². The summed E-state index contributed by atoms with van der Waals surface area (Å²) in [5, 5.41) is 5.17. The van der Waals surface area contributed by atoms with E-state index < -0.39 is 0 Å². The Kier molecular flexibility index (Phi) is 4.88. The van der Waals surface area contributed by atoms with Crippen LogP contribution in [0.5, 0.6) is 0 Å². The van der Waals surface area contributed by atoms with E-state index in [0.29, 0.717) is 0 Å². The highest BCUT2D eigenvalue weighted by molar-refractivity contribution is 8.31. The van der Waals surface area contributed by atoms with Crippen LogP contribution in [-0.4, -0.2) is 20.3 Å². The maximum atomic E-state index is 2.04. The van der Waals surface area contributed by atoms with E-state index in [1.807, 2.05) is 47.0 Å². The molecule has 0 unspecified atom stereocenters. The Labute approximate surface area is 67.3 Å². The molecule has 0 nitrogen and oxygen atoms in total. The van der Waals surface area contributed by atoms with Crippen molar-refractivity contribution in [2.45, 2.75) is 0 Å². The zero-order valence-electron chi connectivity index (χ0n) is 4.46. The summed E-state index contributed by atoms with van der Waals surface area (Å²) < 4.78 is 0. The average molecular weight is 184 g/mol. The summed E-state index contributed by atoms with van der Waals surface area (Å²) in [6.07, 6.45) is 0. The van der Waals surface area contributed by atoms with Crippen LogP contribution in [0.3, 0.4) is 0 Å². The van der Waals surface area contributed by atoms with Crippen molar-refractivity contribution in [1.29, 1.82) is 0 Å². The standard InChI is InChI=1S/C4H8S4/c1-5-2-7-4-8-3-6-1/h1-4H2. The third kappa shape index (κ3) is 3.43. The summed E-state index contributed by atoms with van der Waals surface area (Å²) in [4.78, 5) is 0. The molecule has 4 heteroatoms. The fourth-order valence-corrected chi connectivity index (χ4v) is 5.80. The summed E-state index contributed by atoms with van der Waals surface area (Å²) in [5.41, 5.74) is 0. The van der Waals surface area contributed by atoms with E-state index in [2.05, 4.69) is 0 Å². The molecule has 1 fully saturated rings. The molecule has 1 rings (SSSR count). The molecule has 48 valence electrons. The van der Waals surface area contributed by atoms with Crippen molar-refractivity contribution < 1.29 is 0 Å². The van der Waals surface area contributed by atoms with Crippen molar-refractivity contribution >= 4 is 47.0 Å². The molecule has 1 aliphatic rings. The quantitative estimate of drug-likeness (QED) is 0.567. The summed E-state index contributed by atoms with van der Waals surface area (Å²) in [6, 6.07) is 0. The van der Waals surface area contributed by atoms with Crippen molar-refractivity contribution in [1.82, 2.24) is 0 Å². The highest BCUT2D eigenvalue weighted by atomic mass is 32.3. The monoisotopic (exact) mass is 184 g/mol. The van der Waals surface area contributed by atoms with Gasteiger partial charge in [-0.15, -0.1) is 47.0 Å². The van der Waals surface area contributed by atoms with E-state index >= 15 is 0 Å². The van der Waals surface area contributed by atoms with Gasteiger partial charge in [0.15, 0.2) is 0 Å². The van der Waals surface area contributed by atoms with Crippen LogP contribution in [0.25, 0.3) is 0 Å². The minimum atomic E-state index is 1.29. The highest BCUT2D eigenvalue weighted by Crippen LogP contribution is 2.27. The van der Waals surface area contributed by atoms with Crippen LogP contribution < -0.4 is 0 Å². The summed E-state index contributed by atoms with van der Waals surface area (Å²) in [5.74, 6) is 0. The van der Waals surface area contributed by atoms with E-state index in [1.165, 1.54) is 20.3 Å². The second-order valence-corrected chi connectivity index (χ2v) is 6.69. The van der Waals surface area contributed by atoms with Gasteiger partial charge in [-0.3, -0.25) is 0 Å². The Morgan fingerprint density at radius 2 is 0.750 bits per heavy atom. The molecule has 0 aliphatic carbocycles. The Morgan fingerprint density at radius 3 is 1.00 bits per heavy atom. The SMILES string of the molecule is C1SCSCSCS1. The van der Waals surface area contributed by atoms with E-state index in [4.69, 9.17) is 0 Å². The van der Waals surface area contributed by atoms with E-state index in [-0.39, 0.29) is 0 Å². The van der Waals surface area contributed by atoms with Gasteiger partial charge >= 0.3 is 0 Å². The first-order chi connectivity index (χ1) is 4.00. The van der Waals surface area contributed by atoms with Crippen molar-refractivity contribution in [2.75, 3.05) is 20.3 Å². The topological polar surface area (TPSA) is 0 Å². The molecule has 0 aromatic carbocycles. The number of hydrogen-bond acceptors (Lipinski definition) is 4. The summed E-state index contributed by atoms with van der Waals surface area (Å²) in [6.45, 7) is 0. The second-order valence-electron chi connectivity index (χ2n) is 1.29. The molecule has 1 saturated heterocycles. The maximum Gasteiger partial charge on any atom is 0.0408 e. The van der Waals surface area contributed by atoms with Crippen LogP contribution >= 0.6 is 47.0 Å². The second kappa shape index (κ2) is 5.21. The molecule has 0 spiro atoms. The lowest BCUT2D eigenvalue weighted by Crippen LogP contribution is -1.82. The third-order valence-corrected chi connectivity index (χ3v) is 6.00. The molecule has 0 atom stereocenters. The smallest absolute Gasteiger partial charge is 0.0408 e. The number of hydrogen-bond donors (Lipinski definition) is 0. The molecule has 1 heterocycles. The molecule has 0 bridgehead atoms. The maximum absolute atomic E-state index is 2.04. The van der Waals surface area contributed by atoms with Crippen LogP contribution in [0.15, 0.2) is 0 Å². The number of rotatable bonds is 0. The zero-order chi connectivity index (χ0) is 5.66. The molecule has 0 aromatic heterocycles. The molecule has 0 aromatic rings. The fraction of sp³-hybridized carbons (Fsp3) is 1.00. The molecular weight excluding hydrogens is 176 g/mol. The van der Waals surface area contributed by atoms with Gasteiger partial charge in [0, 0.05) is 20.3 Å². The van der Waals surface area contributed by atoms with E-state index in [9.17, 15) is 0 Å². The largest absolute Gasteiger partial charge is 0.140 e. The van der Waals surface area contributed by atoms with Gasteiger partial charge < -0.3 is 0 Å². The Bertz CT molecular complexity index is 32.0. The first-order valence-electron chi connectivity index (χ1n) is 2.31. The van der Waals surface area contributed by atoms with Gasteiger partial charge in [0.1, 0.15) is 0 Å². The van der Waals surface area contributed by atoms with Crippen molar-refractivity contribution in [2.24, 2.45) is 0 Å². The van der Waals surface area contributed by atoms with Crippen LogP contribution in [0.4, 0.5) is 0 Å². The minimum absolute atomic E-state index is 1.29. The van der Waals surface area contributed by atoms with Gasteiger partial charge in [-0.2, -0.15) is 0 Å². The van der Waals surface area contributed by atoms with Crippen LogP contribution in [0, 0.1) is 0 Å². The fourth-order valence-electron chi connectivity index (χ4n) is 0.372. The van der Waals surface area contributed by atoms with Crippen molar-refractivity contribution in [3.63, 3.8) is 0 Å². The molecule has 0 saturated carbocycles. The lowest BCUT2D eigenvalue weighted by molar-refractivity contribution is 2.04. The van der Waals surface area contributed by atoms with Gasteiger partial charge in [-0.05, 0) is 0 Å². The summed E-state index contributed by atoms with van der Waals surface area (Å²) in [7, 11) is 0. The van der Waals surface area contributed by atoms with Crippen LogP contribution in [0.1, 0.15) is 0 Å². The Balaban J connectivity index is 2.00. The summed E-state index contributed by atoms with van der Waals surface area (Å²) >= 11 is 8.17. The molecular formula is C4H8S4. The first-order valence-corrected chi connectivity index (χ1v) is 6.93. The van der Waals surface area contributed by atoms with Crippen molar-refractivity contribution in [3.8, 4) is 0 Å². The lowest BCUT2D eigenvalue weighted by atomic mass is 11.8. The predicted octanol–water partition coefficient (Wildman–Crippen LogP) is 2.76. The molecule has 0 N–H and O–H groups in total.